The minimum atomic E-state index is -0.336. The van der Waals surface area contributed by atoms with Gasteiger partial charge >= 0.3 is 0 Å². The van der Waals surface area contributed by atoms with Crippen LogP contribution >= 0.6 is 11.6 Å². The van der Waals surface area contributed by atoms with Crippen LogP contribution in [0.4, 0.5) is 5.69 Å². The summed E-state index contributed by atoms with van der Waals surface area (Å²) in [4.78, 5) is 23.5. The van der Waals surface area contributed by atoms with Crippen molar-refractivity contribution in [3.8, 4) is 11.5 Å². The predicted octanol–water partition coefficient (Wildman–Crippen LogP) is 2.88. The molecule has 0 atom stereocenters. The summed E-state index contributed by atoms with van der Waals surface area (Å²) in [6.07, 6.45) is 2.98. The molecule has 118 valence electrons. The van der Waals surface area contributed by atoms with Gasteiger partial charge in [-0.3, -0.25) is 4.79 Å². The van der Waals surface area contributed by atoms with Gasteiger partial charge in [-0.15, -0.1) is 0 Å². The molecule has 7 nitrogen and oxygen atoms in total. The molecule has 0 aliphatic heterocycles. The summed E-state index contributed by atoms with van der Waals surface area (Å²) in [5, 5.41) is 3.15. The number of imidazole rings is 1. The molecule has 0 saturated carbocycles. The van der Waals surface area contributed by atoms with Crippen LogP contribution in [-0.4, -0.2) is 35.1 Å². The molecule has 0 saturated heterocycles. The van der Waals surface area contributed by atoms with Gasteiger partial charge in [0.15, 0.2) is 5.65 Å². The first-order valence-corrected chi connectivity index (χ1v) is 7.02. The number of aromatic amines is 1. The molecule has 2 aromatic heterocycles. The largest absolute Gasteiger partial charge is 0.495 e. The Balaban J connectivity index is 1.92. The molecule has 0 bridgehead atoms. The SMILES string of the molecule is COc1cc(NC(=O)c2cnc3nc[nH]c3c2)c(OC)cc1Cl. The Kier molecular flexibility index (Phi) is 4.03. The third-order valence-electron chi connectivity index (χ3n) is 3.26. The number of amides is 1. The van der Waals surface area contributed by atoms with Crippen molar-refractivity contribution >= 4 is 34.4 Å². The molecule has 3 aromatic rings. The van der Waals surface area contributed by atoms with E-state index in [1.807, 2.05) is 0 Å². The highest BCUT2D eigenvalue weighted by molar-refractivity contribution is 6.32. The predicted molar refractivity (Wildman–Crippen MR) is 86.4 cm³/mol. The molecule has 1 aromatic carbocycles. The number of anilines is 1. The zero-order chi connectivity index (χ0) is 16.4. The van der Waals surface area contributed by atoms with Crippen molar-refractivity contribution in [2.45, 2.75) is 0 Å². The van der Waals surface area contributed by atoms with E-state index >= 15 is 0 Å². The number of rotatable bonds is 4. The fourth-order valence-electron chi connectivity index (χ4n) is 2.11. The lowest BCUT2D eigenvalue weighted by molar-refractivity contribution is 0.102. The highest BCUT2D eigenvalue weighted by atomic mass is 35.5. The average molecular weight is 333 g/mol. The molecular formula is C15H13ClN4O3. The molecule has 0 aliphatic carbocycles. The molecular weight excluding hydrogens is 320 g/mol. The lowest BCUT2D eigenvalue weighted by atomic mass is 10.2. The first-order chi connectivity index (χ1) is 11.1. The van der Waals surface area contributed by atoms with Gasteiger partial charge in [0.05, 0.1) is 42.3 Å². The number of H-pyrrole nitrogens is 1. The molecule has 0 radical (unpaired) electrons. The minimum absolute atomic E-state index is 0.336. The Morgan fingerprint density at radius 2 is 1.96 bits per heavy atom. The standard InChI is InChI=1S/C15H13ClN4O3/c1-22-12-5-10(13(23-2)4-9(12)16)20-15(21)8-3-11-14(17-6-8)19-7-18-11/h3-7H,1-2H3,(H,20,21)(H,17,18,19). The van der Waals surface area contributed by atoms with Crippen LogP contribution in [0.3, 0.4) is 0 Å². The first-order valence-electron chi connectivity index (χ1n) is 6.64. The van der Waals surface area contributed by atoms with E-state index in [-0.39, 0.29) is 5.91 Å². The molecule has 2 heterocycles. The van der Waals surface area contributed by atoms with Crippen molar-refractivity contribution in [1.29, 1.82) is 0 Å². The van der Waals surface area contributed by atoms with Crippen LogP contribution in [0.2, 0.25) is 5.02 Å². The molecule has 8 heteroatoms. The Morgan fingerprint density at radius 3 is 2.70 bits per heavy atom. The highest BCUT2D eigenvalue weighted by Crippen LogP contribution is 2.36. The molecule has 3 rings (SSSR count). The Morgan fingerprint density at radius 1 is 1.17 bits per heavy atom. The smallest absolute Gasteiger partial charge is 0.257 e. The van der Waals surface area contributed by atoms with Gasteiger partial charge in [-0.2, -0.15) is 0 Å². The van der Waals surface area contributed by atoms with Gasteiger partial charge in [0.25, 0.3) is 5.91 Å². The molecule has 0 spiro atoms. The number of hydrogen-bond acceptors (Lipinski definition) is 5. The van der Waals surface area contributed by atoms with Crippen LogP contribution in [0.15, 0.2) is 30.7 Å². The fourth-order valence-corrected chi connectivity index (χ4v) is 2.34. The van der Waals surface area contributed by atoms with Crippen molar-refractivity contribution in [2.75, 3.05) is 19.5 Å². The lowest BCUT2D eigenvalue weighted by Crippen LogP contribution is -2.13. The van der Waals surface area contributed by atoms with E-state index in [0.29, 0.717) is 38.9 Å². The van der Waals surface area contributed by atoms with E-state index in [0.717, 1.165) is 0 Å². The van der Waals surface area contributed by atoms with Gasteiger partial charge in [-0.1, -0.05) is 11.6 Å². The Hall–Kier alpha value is -2.80. The second-order valence-electron chi connectivity index (χ2n) is 4.64. The lowest BCUT2D eigenvalue weighted by Gasteiger charge is -2.13. The number of ether oxygens (including phenoxy) is 2. The van der Waals surface area contributed by atoms with Crippen LogP contribution in [0.1, 0.15) is 10.4 Å². The molecule has 1 amide bonds. The van der Waals surface area contributed by atoms with Gasteiger partial charge in [0, 0.05) is 18.3 Å². The maximum atomic E-state index is 12.4. The maximum absolute atomic E-state index is 12.4. The summed E-state index contributed by atoms with van der Waals surface area (Å²) < 4.78 is 10.4. The van der Waals surface area contributed by atoms with E-state index in [2.05, 4.69) is 20.3 Å². The number of aromatic nitrogens is 3. The topological polar surface area (TPSA) is 89.1 Å². The molecule has 2 N–H and O–H groups in total. The van der Waals surface area contributed by atoms with Crippen LogP contribution < -0.4 is 14.8 Å². The zero-order valence-corrected chi connectivity index (χ0v) is 13.1. The van der Waals surface area contributed by atoms with E-state index in [1.165, 1.54) is 26.7 Å². The van der Waals surface area contributed by atoms with Crippen molar-refractivity contribution in [3.05, 3.63) is 41.3 Å². The van der Waals surface area contributed by atoms with E-state index < -0.39 is 0 Å². The summed E-state index contributed by atoms with van der Waals surface area (Å²) in [6.45, 7) is 0. The molecule has 23 heavy (non-hydrogen) atoms. The summed E-state index contributed by atoms with van der Waals surface area (Å²) in [5.41, 5.74) is 2.06. The van der Waals surface area contributed by atoms with Crippen molar-refractivity contribution in [1.82, 2.24) is 15.0 Å². The van der Waals surface area contributed by atoms with E-state index in [9.17, 15) is 4.79 Å². The fraction of sp³-hybridized carbons (Fsp3) is 0.133. The number of nitrogens with one attached hydrogen (secondary N) is 2. The number of fused-ring (bicyclic) bond motifs is 1. The van der Waals surface area contributed by atoms with Gasteiger partial charge in [0.2, 0.25) is 0 Å². The number of hydrogen-bond donors (Lipinski definition) is 2. The summed E-state index contributed by atoms with van der Waals surface area (Å²) in [7, 11) is 2.99. The van der Waals surface area contributed by atoms with Crippen LogP contribution in [-0.2, 0) is 0 Å². The number of benzene rings is 1. The minimum Gasteiger partial charge on any atom is -0.495 e. The molecule has 0 aliphatic rings. The van der Waals surface area contributed by atoms with Gasteiger partial charge < -0.3 is 19.8 Å². The number of carbonyl (C=O) groups excluding carboxylic acids is 1. The second kappa shape index (κ2) is 6.13. The second-order valence-corrected chi connectivity index (χ2v) is 5.05. The van der Waals surface area contributed by atoms with Crippen molar-refractivity contribution < 1.29 is 14.3 Å². The van der Waals surface area contributed by atoms with Crippen molar-refractivity contribution in [2.24, 2.45) is 0 Å². The first kappa shape index (κ1) is 15.1. The van der Waals surface area contributed by atoms with E-state index in [1.54, 1.807) is 18.2 Å². The van der Waals surface area contributed by atoms with Crippen LogP contribution in [0.5, 0.6) is 11.5 Å². The van der Waals surface area contributed by atoms with E-state index in [4.69, 9.17) is 21.1 Å². The number of carbonyl (C=O) groups is 1. The number of halogens is 1. The quantitative estimate of drug-likeness (QED) is 0.766. The van der Waals surface area contributed by atoms with Crippen molar-refractivity contribution in [3.63, 3.8) is 0 Å². The zero-order valence-electron chi connectivity index (χ0n) is 12.4. The summed E-state index contributed by atoms with van der Waals surface area (Å²) in [5.74, 6) is 0.529. The number of methoxy groups -OCH3 is 2. The highest BCUT2D eigenvalue weighted by Gasteiger charge is 2.14. The van der Waals surface area contributed by atoms with Crippen LogP contribution in [0.25, 0.3) is 11.2 Å². The monoisotopic (exact) mass is 332 g/mol. The molecule has 0 unspecified atom stereocenters. The third kappa shape index (κ3) is 2.91. The number of nitrogens with zero attached hydrogens (tertiary/aromatic N) is 2. The van der Waals surface area contributed by atoms with Crippen LogP contribution in [0, 0.1) is 0 Å². The molecule has 0 fully saturated rings. The normalized spacial score (nSPS) is 10.6. The van der Waals surface area contributed by atoms with Gasteiger partial charge in [0.1, 0.15) is 11.5 Å². The third-order valence-corrected chi connectivity index (χ3v) is 3.55. The van der Waals surface area contributed by atoms with Gasteiger partial charge in [-0.25, -0.2) is 9.97 Å². The van der Waals surface area contributed by atoms with Gasteiger partial charge in [-0.05, 0) is 6.07 Å². The Bertz CT molecular complexity index is 878. The average Bonchev–Trinajstić information content (AvgIpc) is 3.03. The number of pyridine rings is 1. The summed E-state index contributed by atoms with van der Waals surface area (Å²) in [6, 6.07) is 4.85. The maximum Gasteiger partial charge on any atom is 0.257 e. The Labute approximate surface area is 136 Å². The summed E-state index contributed by atoms with van der Waals surface area (Å²) >= 11 is 6.05.